The SMILES string of the molecule is CN(C)c1ccc(C=NN)c2ccccc12. The van der Waals surface area contributed by atoms with Gasteiger partial charge < -0.3 is 10.7 Å². The minimum Gasteiger partial charge on any atom is -0.377 e. The predicted molar refractivity (Wildman–Crippen MR) is 70.1 cm³/mol. The molecule has 3 nitrogen and oxygen atoms in total. The van der Waals surface area contributed by atoms with Gasteiger partial charge in [-0.2, -0.15) is 5.10 Å². The van der Waals surface area contributed by atoms with Crippen LogP contribution in [0.15, 0.2) is 41.5 Å². The van der Waals surface area contributed by atoms with Crippen molar-refractivity contribution in [3.8, 4) is 0 Å². The van der Waals surface area contributed by atoms with Crippen LogP contribution in [0.25, 0.3) is 10.8 Å². The third-order valence-corrected chi connectivity index (χ3v) is 2.63. The van der Waals surface area contributed by atoms with E-state index in [1.165, 1.54) is 16.5 Å². The molecule has 0 aliphatic heterocycles. The van der Waals surface area contributed by atoms with Gasteiger partial charge in [0.2, 0.25) is 0 Å². The van der Waals surface area contributed by atoms with E-state index in [4.69, 9.17) is 5.84 Å². The maximum absolute atomic E-state index is 5.21. The van der Waals surface area contributed by atoms with Crippen molar-refractivity contribution in [2.24, 2.45) is 10.9 Å². The number of fused-ring (bicyclic) bond motifs is 1. The van der Waals surface area contributed by atoms with E-state index in [1.54, 1.807) is 6.21 Å². The van der Waals surface area contributed by atoms with E-state index in [-0.39, 0.29) is 0 Å². The first kappa shape index (κ1) is 10.5. The van der Waals surface area contributed by atoms with Gasteiger partial charge in [-0.25, -0.2) is 0 Å². The Hall–Kier alpha value is -2.03. The Labute approximate surface area is 95.2 Å². The Kier molecular flexibility index (Phi) is 2.77. The molecule has 0 saturated carbocycles. The maximum Gasteiger partial charge on any atom is 0.0544 e. The lowest BCUT2D eigenvalue weighted by Crippen LogP contribution is -2.09. The molecule has 0 saturated heterocycles. The summed E-state index contributed by atoms with van der Waals surface area (Å²) in [4.78, 5) is 2.10. The molecule has 2 aromatic rings. The number of hydrogen-bond donors (Lipinski definition) is 1. The Balaban J connectivity index is 2.77. The second-order valence-electron chi connectivity index (χ2n) is 3.89. The number of hydrazone groups is 1. The van der Waals surface area contributed by atoms with Crippen molar-refractivity contribution in [1.82, 2.24) is 0 Å². The molecule has 2 aromatic carbocycles. The van der Waals surface area contributed by atoms with E-state index in [2.05, 4.69) is 28.2 Å². The van der Waals surface area contributed by atoms with Gasteiger partial charge in [-0.1, -0.05) is 30.3 Å². The Morgan fingerprint density at radius 3 is 2.38 bits per heavy atom. The van der Waals surface area contributed by atoms with Gasteiger partial charge in [0.15, 0.2) is 0 Å². The number of benzene rings is 2. The zero-order valence-electron chi connectivity index (χ0n) is 9.51. The van der Waals surface area contributed by atoms with E-state index in [0.717, 1.165) is 5.56 Å². The van der Waals surface area contributed by atoms with Crippen molar-refractivity contribution in [3.05, 3.63) is 42.0 Å². The van der Waals surface area contributed by atoms with Gasteiger partial charge >= 0.3 is 0 Å². The van der Waals surface area contributed by atoms with Crippen molar-refractivity contribution in [2.75, 3.05) is 19.0 Å². The van der Waals surface area contributed by atoms with Crippen molar-refractivity contribution < 1.29 is 0 Å². The van der Waals surface area contributed by atoms with Crippen molar-refractivity contribution >= 4 is 22.7 Å². The highest BCUT2D eigenvalue weighted by Crippen LogP contribution is 2.27. The molecule has 0 aromatic heterocycles. The molecule has 0 unspecified atom stereocenters. The van der Waals surface area contributed by atoms with Crippen LogP contribution in [0.3, 0.4) is 0 Å². The summed E-state index contributed by atoms with van der Waals surface area (Å²) in [5.74, 6) is 5.21. The third-order valence-electron chi connectivity index (χ3n) is 2.63. The first-order valence-corrected chi connectivity index (χ1v) is 5.16. The fraction of sp³-hybridized carbons (Fsp3) is 0.154. The molecule has 0 heterocycles. The molecule has 0 aliphatic rings. The summed E-state index contributed by atoms with van der Waals surface area (Å²) in [7, 11) is 4.08. The zero-order chi connectivity index (χ0) is 11.5. The second kappa shape index (κ2) is 4.23. The summed E-state index contributed by atoms with van der Waals surface area (Å²) >= 11 is 0. The lowest BCUT2D eigenvalue weighted by molar-refractivity contribution is 1.14. The van der Waals surface area contributed by atoms with Crippen molar-refractivity contribution in [2.45, 2.75) is 0 Å². The molecule has 82 valence electrons. The highest BCUT2D eigenvalue weighted by atomic mass is 15.1. The van der Waals surface area contributed by atoms with E-state index < -0.39 is 0 Å². The van der Waals surface area contributed by atoms with Gasteiger partial charge in [0.05, 0.1) is 6.21 Å². The number of rotatable bonds is 2. The molecular formula is C13H15N3. The van der Waals surface area contributed by atoms with Crippen LogP contribution in [0.4, 0.5) is 5.69 Å². The molecule has 0 fully saturated rings. The monoisotopic (exact) mass is 213 g/mol. The Morgan fingerprint density at radius 2 is 1.75 bits per heavy atom. The van der Waals surface area contributed by atoms with E-state index >= 15 is 0 Å². The molecule has 2 N–H and O–H groups in total. The standard InChI is InChI=1S/C13H15N3/c1-16(2)13-8-7-10(9-15-14)11-5-3-4-6-12(11)13/h3-9H,14H2,1-2H3. The van der Waals surface area contributed by atoms with Crippen LogP contribution in [0.2, 0.25) is 0 Å². The van der Waals surface area contributed by atoms with Gasteiger partial charge in [0, 0.05) is 30.7 Å². The smallest absolute Gasteiger partial charge is 0.0544 e. The number of nitrogens with zero attached hydrogens (tertiary/aromatic N) is 2. The molecule has 0 aliphatic carbocycles. The number of hydrogen-bond acceptors (Lipinski definition) is 3. The molecule has 0 spiro atoms. The molecule has 0 bridgehead atoms. The first-order valence-electron chi connectivity index (χ1n) is 5.16. The fourth-order valence-electron chi connectivity index (χ4n) is 1.89. The van der Waals surface area contributed by atoms with Gasteiger partial charge in [-0.05, 0) is 11.5 Å². The van der Waals surface area contributed by atoms with Crippen molar-refractivity contribution in [3.63, 3.8) is 0 Å². The molecule has 0 atom stereocenters. The Morgan fingerprint density at radius 1 is 1.06 bits per heavy atom. The Bertz CT molecular complexity index is 530. The summed E-state index contributed by atoms with van der Waals surface area (Å²) in [5, 5.41) is 5.97. The van der Waals surface area contributed by atoms with Crippen LogP contribution < -0.4 is 10.7 Å². The second-order valence-corrected chi connectivity index (χ2v) is 3.89. The highest BCUT2D eigenvalue weighted by molar-refractivity contribution is 6.05. The first-order chi connectivity index (χ1) is 7.74. The molecular weight excluding hydrogens is 198 g/mol. The summed E-state index contributed by atoms with van der Waals surface area (Å²) < 4.78 is 0. The van der Waals surface area contributed by atoms with E-state index in [0.29, 0.717) is 0 Å². The molecule has 0 radical (unpaired) electrons. The summed E-state index contributed by atoms with van der Waals surface area (Å²) in [5.41, 5.74) is 2.24. The van der Waals surface area contributed by atoms with Crippen LogP contribution >= 0.6 is 0 Å². The molecule has 16 heavy (non-hydrogen) atoms. The minimum absolute atomic E-state index is 1.05. The van der Waals surface area contributed by atoms with Crippen LogP contribution in [0, 0.1) is 0 Å². The summed E-state index contributed by atoms with van der Waals surface area (Å²) in [6.07, 6.45) is 1.68. The fourth-order valence-corrected chi connectivity index (χ4v) is 1.89. The lowest BCUT2D eigenvalue weighted by atomic mass is 10.0. The summed E-state index contributed by atoms with van der Waals surface area (Å²) in [6, 6.07) is 12.4. The predicted octanol–water partition coefficient (Wildman–Crippen LogP) is 2.20. The zero-order valence-corrected chi connectivity index (χ0v) is 9.51. The van der Waals surface area contributed by atoms with Crippen LogP contribution in [-0.4, -0.2) is 20.3 Å². The van der Waals surface area contributed by atoms with Crippen LogP contribution in [-0.2, 0) is 0 Å². The van der Waals surface area contributed by atoms with Gasteiger partial charge in [-0.15, -0.1) is 0 Å². The quantitative estimate of drug-likeness (QED) is 0.472. The molecule has 2 rings (SSSR count). The lowest BCUT2D eigenvalue weighted by Gasteiger charge is -2.16. The largest absolute Gasteiger partial charge is 0.377 e. The van der Waals surface area contributed by atoms with E-state index in [1.807, 2.05) is 32.3 Å². The third kappa shape index (κ3) is 1.72. The minimum atomic E-state index is 1.05. The summed E-state index contributed by atoms with van der Waals surface area (Å²) in [6.45, 7) is 0. The highest BCUT2D eigenvalue weighted by Gasteiger charge is 2.05. The number of anilines is 1. The average molecular weight is 213 g/mol. The molecule has 3 heteroatoms. The van der Waals surface area contributed by atoms with E-state index in [9.17, 15) is 0 Å². The maximum atomic E-state index is 5.21. The average Bonchev–Trinajstić information content (AvgIpc) is 2.29. The topological polar surface area (TPSA) is 41.6 Å². The van der Waals surface area contributed by atoms with Gasteiger partial charge in [0.1, 0.15) is 0 Å². The molecule has 0 amide bonds. The van der Waals surface area contributed by atoms with Gasteiger partial charge in [-0.3, -0.25) is 0 Å². The van der Waals surface area contributed by atoms with Crippen LogP contribution in [0.1, 0.15) is 5.56 Å². The van der Waals surface area contributed by atoms with Crippen molar-refractivity contribution in [1.29, 1.82) is 0 Å². The van der Waals surface area contributed by atoms with Gasteiger partial charge in [0.25, 0.3) is 0 Å². The van der Waals surface area contributed by atoms with Crippen LogP contribution in [0.5, 0.6) is 0 Å². The normalized spacial score (nSPS) is 11.1. The number of nitrogens with two attached hydrogens (primary N) is 1.